The molecule has 3 heteroatoms. The highest BCUT2D eigenvalue weighted by Crippen LogP contribution is 2.37. The Bertz CT molecular complexity index is 316. The van der Waals surface area contributed by atoms with Gasteiger partial charge in [-0.25, -0.2) is 0 Å². The zero-order valence-electron chi connectivity index (χ0n) is 13.5. The van der Waals surface area contributed by atoms with Crippen molar-refractivity contribution in [3.05, 3.63) is 12.2 Å². The zero-order valence-corrected chi connectivity index (χ0v) is 14.5. The van der Waals surface area contributed by atoms with Crippen molar-refractivity contribution in [2.45, 2.75) is 72.7 Å². The summed E-state index contributed by atoms with van der Waals surface area (Å²) < 4.78 is 6.17. The van der Waals surface area contributed by atoms with E-state index in [2.05, 4.69) is 33.9 Å². The Morgan fingerprint density at radius 2 is 1.56 bits per heavy atom. The van der Waals surface area contributed by atoms with Crippen molar-refractivity contribution in [2.24, 2.45) is 5.41 Å². The molecule has 0 amide bonds. The van der Waals surface area contributed by atoms with Crippen molar-refractivity contribution >= 4 is 14.1 Å². The highest BCUT2D eigenvalue weighted by Gasteiger charge is 2.38. The average molecular weight is 270 g/mol. The summed E-state index contributed by atoms with van der Waals surface area (Å²) in [5, 5.41) is 0.198. The minimum absolute atomic E-state index is 0.00260. The van der Waals surface area contributed by atoms with Gasteiger partial charge in [-0.2, -0.15) is 0 Å². The van der Waals surface area contributed by atoms with E-state index in [0.29, 0.717) is 0 Å². The van der Waals surface area contributed by atoms with Crippen LogP contribution < -0.4 is 0 Å². The second kappa shape index (κ2) is 5.70. The lowest BCUT2D eigenvalue weighted by Crippen LogP contribution is -2.42. The van der Waals surface area contributed by atoms with E-state index in [4.69, 9.17) is 4.43 Å². The van der Waals surface area contributed by atoms with Gasteiger partial charge in [0.15, 0.2) is 14.1 Å². The third-order valence-electron chi connectivity index (χ3n) is 3.54. The van der Waals surface area contributed by atoms with Crippen LogP contribution in [0, 0.1) is 5.41 Å². The standard InChI is InChI=1S/C15H30O2Si/c1-12(10-11-13(16)14(2,3)4)17-18(8,9)15(5,6)7/h10-12H,1-9H3/b11-10+/t12-/m0/s1. The van der Waals surface area contributed by atoms with Gasteiger partial charge < -0.3 is 4.43 Å². The molecule has 18 heavy (non-hydrogen) atoms. The molecule has 0 fully saturated rings. The Kier molecular flexibility index (Phi) is 5.57. The van der Waals surface area contributed by atoms with Gasteiger partial charge in [-0.15, -0.1) is 0 Å². The van der Waals surface area contributed by atoms with E-state index in [0.717, 1.165) is 0 Å². The second-order valence-electron chi connectivity index (χ2n) is 7.56. The van der Waals surface area contributed by atoms with Crippen LogP contribution in [0.3, 0.4) is 0 Å². The first-order valence-corrected chi connectivity index (χ1v) is 9.58. The first kappa shape index (κ1) is 17.6. The van der Waals surface area contributed by atoms with Crippen LogP contribution in [-0.4, -0.2) is 20.2 Å². The second-order valence-corrected chi connectivity index (χ2v) is 12.3. The summed E-state index contributed by atoms with van der Waals surface area (Å²) in [7, 11) is -1.75. The van der Waals surface area contributed by atoms with E-state index in [1.54, 1.807) is 6.08 Å². The fourth-order valence-corrected chi connectivity index (χ4v) is 2.52. The van der Waals surface area contributed by atoms with E-state index >= 15 is 0 Å². The molecule has 0 N–H and O–H groups in total. The molecule has 0 unspecified atom stereocenters. The molecule has 0 bridgehead atoms. The lowest BCUT2D eigenvalue weighted by molar-refractivity contribution is -0.121. The van der Waals surface area contributed by atoms with Crippen molar-refractivity contribution in [1.29, 1.82) is 0 Å². The maximum absolute atomic E-state index is 11.8. The first-order valence-electron chi connectivity index (χ1n) is 6.68. The zero-order chi connectivity index (χ0) is 14.8. The first-order chi connectivity index (χ1) is 7.77. The smallest absolute Gasteiger partial charge is 0.192 e. The summed E-state index contributed by atoms with van der Waals surface area (Å²) in [6.07, 6.45) is 3.54. The lowest BCUT2D eigenvalue weighted by Gasteiger charge is -2.37. The molecular formula is C15H30O2Si. The summed E-state index contributed by atoms with van der Waals surface area (Å²) in [6, 6.07) is 0. The summed E-state index contributed by atoms with van der Waals surface area (Å²) in [5.74, 6) is 0.146. The van der Waals surface area contributed by atoms with Gasteiger partial charge in [-0.05, 0) is 31.1 Å². The van der Waals surface area contributed by atoms with Gasteiger partial charge in [0.2, 0.25) is 0 Å². The molecule has 0 radical (unpaired) electrons. The molecule has 0 saturated heterocycles. The molecule has 0 aliphatic heterocycles. The Balaban J connectivity index is 4.59. The topological polar surface area (TPSA) is 26.3 Å². The van der Waals surface area contributed by atoms with Gasteiger partial charge in [-0.3, -0.25) is 4.79 Å². The summed E-state index contributed by atoms with van der Waals surface area (Å²) in [4.78, 5) is 11.8. The molecule has 0 rings (SSSR count). The van der Waals surface area contributed by atoms with E-state index < -0.39 is 8.32 Å². The number of ketones is 1. The van der Waals surface area contributed by atoms with Crippen LogP contribution in [-0.2, 0) is 9.22 Å². The minimum atomic E-state index is -1.75. The molecule has 0 aliphatic carbocycles. The Hall–Kier alpha value is -0.413. The van der Waals surface area contributed by atoms with E-state index in [-0.39, 0.29) is 22.3 Å². The van der Waals surface area contributed by atoms with Gasteiger partial charge in [0.05, 0.1) is 6.10 Å². The fraction of sp³-hybridized carbons (Fsp3) is 0.800. The van der Waals surface area contributed by atoms with Crippen LogP contribution in [0.5, 0.6) is 0 Å². The highest BCUT2D eigenvalue weighted by molar-refractivity contribution is 6.74. The Labute approximate surface area is 114 Å². The molecule has 0 aromatic heterocycles. The van der Waals surface area contributed by atoms with Crippen molar-refractivity contribution in [3.63, 3.8) is 0 Å². The van der Waals surface area contributed by atoms with Gasteiger partial charge in [0.1, 0.15) is 0 Å². The quantitative estimate of drug-likeness (QED) is 0.552. The molecule has 106 valence electrons. The third-order valence-corrected chi connectivity index (χ3v) is 8.12. The molecular weight excluding hydrogens is 240 g/mol. The Morgan fingerprint density at radius 3 is 1.89 bits per heavy atom. The van der Waals surface area contributed by atoms with Gasteiger partial charge in [0, 0.05) is 5.41 Å². The summed E-state index contributed by atoms with van der Waals surface area (Å²) >= 11 is 0. The molecule has 1 atom stereocenters. The third kappa shape index (κ3) is 5.49. The van der Waals surface area contributed by atoms with Crippen LogP contribution >= 0.6 is 0 Å². The van der Waals surface area contributed by atoms with Crippen LogP contribution in [0.4, 0.5) is 0 Å². The highest BCUT2D eigenvalue weighted by atomic mass is 28.4. The molecule has 0 aromatic rings. The van der Waals surface area contributed by atoms with Gasteiger partial charge in [-0.1, -0.05) is 47.6 Å². The molecule has 0 spiro atoms. The SMILES string of the molecule is C[C@@H](/C=C/C(=O)C(C)(C)C)O[Si](C)(C)C(C)(C)C. The fourth-order valence-electron chi connectivity index (χ4n) is 1.15. The van der Waals surface area contributed by atoms with Crippen molar-refractivity contribution in [1.82, 2.24) is 0 Å². The summed E-state index contributed by atoms with van der Waals surface area (Å²) in [5.41, 5.74) is -0.312. The van der Waals surface area contributed by atoms with Gasteiger partial charge >= 0.3 is 0 Å². The molecule has 0 aliphatic rings. The molecule has 0 heterocycles. The van der Waals surface area contributed by atoms with E-state index in [1.165, 1.54) is 0 Å². The number of rotatable bonds is 4. The Morgan fingerprint density at radius 1 is 1.11 bits per heavy atom. The number of carbonyl (C=O) groups is 1. The molecule has 0 saturated carbocycles. The van der Waals surface area contributed by atoms with Gasteiger partial charge in [0.25, 0.3) is 0 Å². The van der Waals surface area contributed by atoms with Crippen molar-refractivity contribution < 1.29 is 9.22 Å². The largest absolute Gasteiger partial charge is 0.411 e. The maximum atomic E-state index is 11.8. The predicted molar refractivity (Wildman–Crippen MR) is 81.3 cm³/mol. The van der Waals surface area contributed by atoms with Crippen LogP contribution in [0.2, 0.25) is 18.1 Å². The van der Waals surface area contributed by atoms with E-state index in [9.17, 15) is 4.79 Å². The number of hydrogen-bond donors (Lipinski definition) is 0. The summed E-state index contributed by atoms with van der Waals surface area (Å²) in [6.45, 7) is 18.9. The average Bonchev–Trinajstić information content (AvgIpc) is 2.09. The van der Waals surface area contributed by atoms with Crippen molar-refractivity contribution in [3.8, 4) is 0 Å². The number of hydrogen-bond acceptors (Lipinski definition) is 2. The van der Waals surface area contributed by atoms with Crippen molar-refractivity contribution in [2.75, 3.05) is 0 Å². The lowest BCUT2D eigenvalue weighted by atomic mass is 9.90. The van der Waals surface area contributed by atoms with E-state index in [1.807, 2.05) is 33.8 Å². The predicted octanol–water partition coefficient (Wildman–Crippen LogP) is 4.57. The molecule has 0 aromatic carbocycles. The number of allylic oxidation sites excluding steroid dienone is 1. The van der Waals surface area contributed by atoms with Crippen LogP contribution in [0.1, 0.15) is 48.5 Å². The maximum Gasteiger partial charge on any atom is 0.192 e. The van der Waals surface area contributed by atoms with Crippen LogP contribution in [0.15, 0.2) is 12.2 Å². The normalized spacial score (nSPS) is 16.1. The monoisotopic (exact) mass is 270 g/mol. The number of carbonyl (C=O) groups excluding carboxylic acids is 1. The van der Waals surface area contributed by atoms with Crippen LogP contribution in [0.25, 0.3) is 0 Å². The molecule has 2 nitrogen and oxygen atoms in total. The minimum Gasteiger partial charge on any atom is -0.411 e.